The number of thioether (sulfide) groups is 1. The average molecular weight is 279 g/mol. The minimum atomic E-state index is -3.23. The minimum Gasteiger partial charge on any atom is -0.315 e. The molecule has 0 radical (unpaired) electrons. The molecular formula is C10H21N3O2S2. The van der Waals surface area contributed by atoms with Gasteiger partial charge in [-0.25, -0.2) is 0 Å². The van der Waals surface area contributed by atoms with Crippen LogP contribution in [-0.4, -0.2) is 67.3 Å². The van der Waals surface area contributed by atoms with Crippen LogP contribution in [0, 0.1) is 0 Å². The van der Waals surface area contributed by atoms with Gasteiger partial charge in [0.2, 0.25) is 0 Å². The van der Waals surface area contributed by atoms with Crippen LogP contribution in [0.15, 0.2) is 0 Å². The van der Waals surface area contributed by atoms with E-state index < -0.39 is 10.2 Å². The molecule has 1 unspecified atom stereocenters. The van der Waals surface area contributed by atoms with E-state index in [1.807, 2.05) is 11.8 Å². The smallest absolute Gasteiger partial charge is 0.282 e. The molecule has 0 aromatic carbocycles. The highest BCUT2D eigenvalue weighted by Crippen LogP contribution is 2.22. The lowest BCUT2D eigenvalue weighted by Gasteiger charge is -2.33. The summed E-state index contributed by atoms with van der Waals surface area (Å²) in [7, 11) is -3.23. The van der Waals surface area contributed by atoms with E-state index >= 15 is 0 Å². The Balaban J connectivity index is 2.05. The first-order chi connectivity index (χ1) is 8.10. The lowest BCUT2D eigenvalue weighted by molar-refractivity contribution is 0.349. The van der Waals surface area contributed by atoms with Gasteiger partial charge in [-0.05, 0) is 13.0 Å². The summed E-state index contributed by atoms with van der Waals surface area (Å²) < 4.78 is 28.2. The predicted molar refractivity (Wildman–Crippen MR) is 71.5 cm³/mol. The van der Waals surface area contributed by atoms with E-state index in [-0.39, 0.29) is 0 Å². The van der Waals surface area contributed by atoms with Crippen molar-refractivity contribution in [1.82, 2.24) is 13.9 Å². The fraction of sp³-hybridized carbons (Fsp3) is 1.00. The zero-order chi connectivity index (χ0) is 12.3. The molecule has 0 spiro atoms. The minimum absolute atomic E-state index is 0.406. The van der Waals surface area contributed by atoms with Crippen LogP contribution >= 0.6 is 11.8 Å². The molecule has 2 rings (SSSR count). The number of hydrogen-bond donors (Lipinski definition) is 1. The van der Waals surface area contributed by atoms with Crippen LogP contribution < -0.4 is 5.32 Å². The number of nitrogens with zero attached hydrogens (tertiary/aromatic N) is 2. The molecule has 2 aliphatic heterocycles. The monoisotopic (exact) mass is 279 g/mol. The SMILES string of the molecule is CC1CN(S(=O)(=O)N2CCCNCC2)CCS1. The lowest BCUT2D eigenvalue weighted by Crippen LogP contribution is -2.49. The maximum atomic E-state index is 12.5. The summed E-state index contributed by atoms with van der Waals surface area (Å²) in [5.41, 5.74) is 0. The predicted octanol–water partition coefficient (Wildman–Crippen LogP) is -0.0362. The van der Waals surface area contributed by atoms with Gasteiger partial charge in [0.25, 0.3) is 10.2 Å². The maximum absolute atomic E-state index is 12.5. The lowest BCUT2D eigenvalue weighted by atomic mass is 10.4. The van der Waals surface area contributed by atoms with Crippen molar-refractivity contribution in [2.75, 3.05) is 45.0 Å². The Bertz CT molecular complexity index is 331. The van der Waals surface area contributed by atoms with Crippen LogP contribution in [0.25, 0.3) is 0 Å². The largest absolute Gasteiger partial charge is 0.315 e. The third-order valence-corrected chi connectivity index (χ3v) is 6.29. The van der Waals surface area contributed by atoms with Crippen molar-refractivity contribution < 1.29 is 8.42 Å². The van der Waals surface area contributed by atoms with Crippen LogP contribution in [0.4, 0.5) is 0 Å². The van der Waals surface area contributed by atoms with E-state index in [0.29, 0.717) is 31.4 Å². The zero-order valence-corrected chi connectivity index (χ0v) is 11.9. The molecule has 7 heteroatoms. The van der Waals surface area contributed by atoms with E-state index in [2.05, 4.69) is 12.2 Å². The van der Waals surface area contributed by atoms with Crippen LogP contribution in [0.1, 0.15) is 13.3 Å². The van der Waals surface area contributed by atoms with E-state index in [1.54, 1.807) is 8.61 Å². The Morgan fingerprint density at radius 1 is 1.18 bits per heavy atom. The fourth-order valence-corrected chi connectivity index (χ4v) is 5.18. The molecule has 0 aromatic rings. The van der Waals surface area contributed by atoms with Gasteiger partial charge in [0, 0.05) is 43.7 Å². The molecule has 0 aromatic heterocycles. The summed E-state index contributed by atoms with van der Waals surface area (Å²) >= 11 is 1.85. The molecule has 100 valence electrons. The van der Waals surface area contributed by atoms with Crippen molar-refractivity contribution in [2.45, 2.75) is 18.6 Å². The Hall–Kier alpha value is 0.180. The molecule has 0 saturated carbocycles. The van der Waals surface area contributed by atoms with E-state index in [9.17, 15) is 8.42 Å². The van der Waals surface area contributed by atoms with Gasteiger partial charge < -0.3 is 5.32 Å². The first-order valence-corrected chi connectivity index (χ1v) is 8.63. The van der Waals surface area contributed by atoms with Crippen LogP contribution in [0.2, 0.25) is 0 Å². The quantitative estimate of drug-likeness (QED) is 0.771. The summed E-state index contributed by atoms with van der Waals surface area (Å²) in [6.07, 6.45) is 0.900. The van der Waals surface area contributed by atoms with Gasteiger partial charge in [-0.15, -0.1) is 0 Å². The van der Waals surface area contributed by atoms with Crippen molar-refractivity contribution in [3.05, 3.63) is 0 Å². The number of rotatable bonds is 2. The summed E-state index contributed by atoms with van der Waals surface area (Å²) in [6.45, 7) is 6.32. The van der Waals surface area contributed by atoms with Gasteiger partial charge in [0.05, 0.1) is 0 Å². The second kappa shape index (κ2) is 5.88. The Morgan fingerprint density at radius 3 is 2.76 bits per heavy atom. The van der Waals surface area contributed by atoms with Gasteiger partial charge >= 0.3 is 0 Å². The molecule has 0 bridgehead atoms. The highest BCUT2D eigenvalue weighted by Gasteiger charge is 2.32. The normalized spacial score (nSPS) is 30.1. The maximum Gasteiger partial charge on any atom is 0.282 e. The third kappa shape index (κ3) is 3.35. The molecule has 2 fully saturated rings. The van der Waals surface area contributed by atoms with E-state index in [4.69, 9.17) is 0 Å². The molecule has 5 nitrogen and oxygen atoms in total. The van der Waals surface area contributed by atoms with Crippen LogP contribution in [-0.2, 0) is 10.2 Å². The molecule has 2 saturated heterocycles. The number of nitrogens with one attached hydrogen (secondary N) is 1. The fourth-order valence-electron chi connectivity index (χ4n) is 2.21. The Labute approximate surface area is 108 Å². The van der Waals surface area contributed by atoms with E-state index in [1.165, 1.54) is 0 Å². The van der Waals surface area contributed by atoms with Crippen molar-refractivity contribution in [1.29, 1.82) is 0 Å². The van der Waals surface area contributed by atoms with Crippen molar-refractivity contribution in [2.24, 2.45) is 0 Å². The van der Waals surface area contributed by atoms with Crippen LogP contribution in [0.5, 0.6) is 0 Å². The molecule has 17 heavy (non-hydrogen) atoms. The van der Waals surface area contributed by atoms with Gasteiger partial charge in [-0.1, -0.05) is 6.92 Å². The van der Waals surface area contributed by atoms with Gasteiger partial charge in [0.1, 0.15) is 0 Å². The molecule has 2 aliphatic rings. The standard InChI is InChI=1S/C10H21N3O2S2/c1-10-9-13(7-8-16-10)17(14,15)12-5-2-3-11-4-6-12/h10-11H,2-9H2,1H3. The third-order valence-electron chi connectivity index (χ3n) is 3.16. The first-order valence-electron chi connectivity index (χ1n) is 6.18. The summed E-state index contributed by atoms with van der Waals surface area (Å²) in [5, 5.41) is 3.64. The van der Waals surface area contributed by atoms with Gasteiger partial charge in [-0.3, -0.25) is 0 Å². The van der Waals surface area contributed by atoms with Gasteiger partial charge in [0.15, 0.2) is 0 Å². The highest BCUT2D eigenvalue weighted by atomic mass is 32.2. The molecule has 1 atom stereocenters. The summed E-state index contributed by atoms with van der Waals surface area (Å²) in [4.78, 5) is 0. The van der Waals surface area contributed by atoms with Gasteiger partial charge in [-0.2, -0.15) is 28.8 Å². The molecule has 0 amide bonds. The van der Waals surface area contributed by atoms with Crippen molar-refractivity contribution in [3.63, 3.8) is 0 Å². The zero-order valence-electron chi connectivity index (χ0n) is 10.3. The number of hydrogen-bond acceptors (Lipinski definition) is 4. The average Bonchev–Trinajstić information content (AvgIpc) is 2.58. The second-order valence-corrected chi connectivity index (χ2v) is 8.02. The molecular weight excluding hydrogens is 258 g/mol. The summed E-state index contributed by atoms with van der Waals surface area (Å²) in [5.74, 6) is 0.909. The second-order valence-electron chi connectivity index (χ2n) is 4.55. The van der Waals surface area contributed by atoms with Crippen LogP contribution in [0.3, 0.4) is 0 Å². The highest BCUT2D eigenvalue weighted by molar-refractivity contribution is 8.00. The first kappa shape index (κ1) is 13.6. The van der Waals surface area contributed by atoms with E-state index in [0.717, 1.165) is 25.3 Å². The topological polar surface area (TPSA) is 52.7 Å². The summed E-state index contributed by atoms with van der Waals surface area (Å²) in [6, 6.07) is 0. The Morgan fingerprint density at radius 2 is 2.00 bits per heavy atom. The molecule has 1 N–H and O–H groups in total. The Kier molecular flexibility index (Phi) is 4.71. The molecule has 0 aliphatic carbocycles. The molecule has 2 heterocycles. The van der Waals surface area contributed by atoms with Crippen molar-refractivity contribution in [3.8, 4) is 0 Å². The van der Waals surface area contributed by atoms with Crippen molar-refractivity contribution >= 4 is 22.0 Å².